The number of hydrogen-bond donors (Lipinski definition) is 1. The van der Waals surface area contributed by atoms with Crippen molar-refractivity contribution in [1.82, 2.24) is 24.4 Å². The zero-order valence-electron chi connectivity index (χ0n) is 15.2. The summed E-state index contributed by atoms with van der Waals surface area (Å²) in [6, 6.07) is 0. The molecule has 8 nitrogen and oxygen atoms in total. The van der Waals surface area contributed by atoms with E-state index in [0.29, 0.717) is 18.0 Å². The molecule has 1 fully saturated rings. The lowest BCUT2D eigenvalue weighted by Gasteiger charge is -2.28. The van der Waals surface area contributed by atoms with E-state index in [4.69, 9.17) is 6.57 Å². The second-order valence-corrected chi connectivity index (χ2v) is 5.68. The highest BCUT2D eigenvalue weighted by Gasteiger charge is 2.25. The smallest absolute Gasteiger partial charge is 0.344 e. The van der Waals surface area contributed by atoms with E-state index >= 15 is 0 Å². The van der Waals surface area contributed by atoms with Gasteiger partial charge >= 0.3 is 11.5 Å². The van der Waals surface area contributed by atoms with E-state index in [9.17, 15) is 4.79 Å². The predicted octanol–water partition coefficient (Wildman–Crippen LogP) is 1.02. The van der Waals surface area contributed by atoms with Crippen LogP contribution in [0, 0.1) is 30.3 Å². The number of halogens is 1. The number of aromatic nitrogens is 4. The van der Waals surface area contributed by atoms with Crippen molar-refractivity contribution in [2.24, 2.45) is 0 Å². The van der Waals surface area contributed by atoms with Gasteiger partial charge in [0.2, 0.25) is 11.6 Å². The molecular formula is C18H20ClN7O. The van der Waals surface area contributed by atoms with Crippen LogP contribution in [0.2, 0.25) is 0 Å². The molecule has 0 atom stereocenters. The van der Waals surface area contributed by atoms with E-state index in [2.05, 4.69) is 48.7 Å². The van der Waals surface area contributed by atoms with E-state index in [1.807, 2.05) is 0 Å². The fourth-order valence-corrected chi connectivity index (χ4v) is 2.89. The molecule has 0 aromatic carbocycles. The minimum atomic E-state index is -0.310. The number of imidazole rings is 1. The Morgan fingerprint density at radius 2 is 1.74 bits per heavy atom. The molecule has 27 heavy (non-hydrogen) atoms. The van der Waals surface area contributed by atoms with E-state index in [1.54, 1.807) is 18.4 Å². The van der Waals surface area contributed by atoms with Gasteiger partial charge in [-0.3, -0.25) is 4.57 Å². The molecule has 0 bridgehead atoms. The van der Waals surface area contributed by atoms with Crippen molar-refractivity contribution in [3.8, 4) is 23.7 Å². The monoisotopic (exact) mass is 385 g/mol. The zero-order valence-corrected chi connectivity index (χ0v) is 16.1. The van der Waals surface area contributed by atoms with Gasteiger partial charge in [0.1, 0.15) is 6.54 Å². The molecule has 0 aliphatic carbocycles. The first-order valence-electron chi connectivity index (χ1n) is 8.34. The molecule has 0 spiro atoms. The van der Waals surface area contributed by atoms with Crippen LogP contribution in [0.3, 0.4) is 0 Å². The minimum absolute atomic E-state index is 0. The number of anilines is 1. The van der Waals surface area contributed by atoms with Crippen LogP contribution in [-0.4, -0.2) is 45.3 Å². The maximum atomic E-state index is 13.1. The molecule has 1 N–H and O–H groups in total. The number of rotatable bonds is 3. The van der Waals surface area contributed by atoms with Crippen molar-refractivity contribution < 1.29 is 0 Å². The maximum absolute atomic E-state index is 13.1. The van der Waals surface area contributed by atoms with Gasteiger partial charge in [-0.15, -0.1) is 35.8 Å². The Hall–Kier alpha value is -2.99. The molecule has 3 heterocycles. The third-order valence-electron chi connectivity index (χ3n) is 4.15. The highest BCUT2D eigenvalue weighted by molar-refractivity contribution is 5.85. The fraction of sp³-hybridized carbons (Fsp3) is 0.444. The molecule has 2 aromatic rings. The lowest BCUT2D eigenvalue weighted by molar-refractivity contribution is 0.573. The zero-order chi connectivity index (χ0) is 18.5. The van der Waals surface area contributed by atoms with Crippen LogP contribution in [-0.2, 0) is 13.1 Å². The average molecular weight is 386 g/mol. The molecule has 140 valence electrons. The Morgan fingerprint density at radius 3 is 2.33 bits per heavy atom. The van der Waals surface area contributed by atoms with E-state index < -0.39 is 0 Å². The average Bonchev–Trinajstić information content (AvgIpc) is 3.04. The van der Waals surface area contributed by atoms with Gasteiger partial charge in [-0.05, 0) is 13.8 Å². The maximum Gasteiger partial charge on any atom is 0.344 e. The summed E-state index contributed by atoms with van der Waals surface area (Å²) in [5.41, 5.74) is 0.343. The van der Waals surface area contributed by atoms with E-state index in [0.717, 1.165) is 26.2 Å². The van der Waals surface area contributed by atoms with Gasteiger partial charge in [0.25, 0.3) is 0 Å². The van der Waals surface area contributed by atoms with Gasteiger partial charge in [-0.1, -0.05) is 11.8 Å². The molecule has 0 amide bonds. The fourth-order valence-electron chi connectivity index (χ4n) is 2.89. The van der Waals surface area contributed by atoms with E-state index in [1.165, 1.54) is 4.57 Å². The van der Waals surface area contributed by atoms with Gasteiger partial charge < -0.3 is 15.1 Å². The number of hydrogen-bond acceptors (Lipinski definition) is 5. The lowest BCUT2D eigenvalue weighted by Crippen LogP contribution is -2.44. The first kappa shape index (κ1) is 20.3. The Morgan fingerprint density at radius 1 is 1.11 bits per heavy atom. The molecular weight excluding hydrogens is 366 g/mol. The molecule has 3 rings (SSSR count). The molecule has 9 heteroatoms. The van der Waals surface area contributed by atoms with Crippen LogP contribution in [0.1, 0.15) is 13.8 Å². The van der Waals surface area contributed by atoms with E-state index in [-0.39, 0.29) is 36.1 Å². The summed E-state index contributed by atoms with van der Waals surface area (Å²) in [7, 11) is 0. The number of fused-ring (bicyclic) bond motifs is 1. The van der Waals surface area contributed by atoms with Crippen LogP contribution in [0.5, 0.6) is 0 Å². The minimum Gasteiger partial charge on any atom is -0.396 e. The summed E-state index contributed by atoms with van der Waals surface area (Å²) in [5.74, 6) is 12.1. The Kier molecular flexibility index (Phi) is 6.85. The Bertz CT molecular complexity index is 1050. The molecule has 2 aromatic heterocycles. The van der Waals surface area contributed by atoms with Gasteiger partial charge in [0, 0.05) is 26.2 Å². The van der Waals surface area contributed by atoms with Crippen LogP contribution in [0.15, 0.2) is 4.79 Å². The first-order valence-corrected chi connectivity index (χ1v) is 8.34. The quantitative estimate of drug-likeness (QED) is 0.631. The summed E-state index contributed by atoms with van der Waals surface area (Å²) < 4.78 is 3.10. The molecule has 1 saturated heterocycles. The largest absolute Gasteiger partial charge is 0.396 e. The molecule has 0 radical (unpaired) electrons. The summed E-state index contributed by atoms with van der Waals surface area (Å²) >= 11 is 0. The third-order valence-corrected chi connectivity index (χ3v) is 4.15. The highest BCUT2D eigenvalue weighted by Crippen LogP contribution is 2.21. The Labute approximate surface area is 163 Å². The molecule has 1 aliphatic rings. The van der Waals surface area contributed by atoms with Crippen molar-refractivity contribution in [3.63, 3.8) is 0 Å². The third kappa shape index (κ3) is 3.90. The van der Waals surface area contributed by atoms with Crippen molar-refractivity contribution in [2.45, 2.75) is 26.9 Å². The van der Waals surface area contributed by atoms with Gasteiger partial charge in [-0.2, -0.15) is 4.98 Å². The van der Waals surface area contributed by atoms with Gasteiger partial charge in [0.05, 0.1) is 6.54 Å². The lowest BCUT2D eigenvalue weighted by atomic mass is 10.4. The number of nitrogens with one attached hydrogen (secondary N) is 1. The Balaban J connectivity index is 0.00000261. The van der Waals surface area contributed by atoms with Gasteiger partial charge in [-0.25, -0.2) is 9.36 Å². The summed E-state index contributed by atoms with van der Waals surface area (Å²) in [6.45, 7) is 14.5. The molecule has 1 aliphatic heterocycles. The first-order chi connectivity index (χ1) is 12.7. The summed E-state index contributed by atoms with van der Waals surface area (Å²) in [6.07, 6.45) is 0. The van der Waals surface area contributed by atoms with Crippen molar-refractivity contribution in [3.05, 3.63) is 21.8 Å². The van der Waals surface area contributed by atoms with Crippen LogP contribution in [0.25, 0.3) is 16.0 Å². The summed E-state index contributed by atoms with van der Waals surface area (Å²) in [5, 5.41) is 3.30. The topological polar surface area (TPSA) is 72.3 Å². The van der Waals surface area contributed by atoms with Crippen molar-refractivity contribution in [1.29, 1.82) is 0 Å². The summed E-state index contributed by atoms with van der Waals surface area (Å²) in [4.78, 5) is 27.4. The van der Waals surface area contributed by atoms with Crippen molar-refractivity contribution >= 4 is 35.5 Å². The molecule has 0 saturated carbocycles. The normalized spacial score (nSPS) is 13.0. The van der Waals surface area contributed by atoms with Crippen molar-refractivity contribution in [2.75, 3.05) is 31.1 Å². The SMILES string of the molecule is Cl.[C-]#[N+]c1nc2nc(N3CCNCC3)n(CC#CC)c2c(=O)n1CC#CC. The van der Waals surface area contributed by atoms with Crippen LogP contribution in [0.4, 0.5) is 11.9 Å². The van der Waals surface area contributed by atoms with Crippen LogP contribution < -0.4 is 15.8 Å². The number of nitrogens with zero attached hydrogens (tertiary/aromatic N) is 6. The second kappa shape index (κ2) is 9.09. The second-order valence-electron chi connectivity index (χ2n) is 5.68. The predicted molar refractivity (Wildman–Crippen MR) is 107 cm³/mol. The standard InChI is InChI=1S/C18H19N7O.ClH/c1-4-6-10-24-14-15(22-18(24)23-12-8-20-9-13-23)21-17(19-3)25(16(14)26)11-7-5-2;/h20H,8-13H2,1-2H3;1H. The molecule has 0 unspecified atom stereocenters. The number of piperazine rings is 1. The van der Waals surface area contributed by atoms with Gasteiger partial charge in [0.15, 0.2) is 5.52 Å². The van der Waals surface area contributed by atoms with Crippen LogP contribution >= 0.6 is 12.4 Å². The highest BCUT2D eigenvalue weighted by atomic mass is 35.5.